The number of ether oxygens (including phenoxy) is 1. The topological polar surface area (TPSA) is 21.3 Å². The van der Waals surface area contributed by atoms with E-state index in [1.165, 1.54) is 38.2 Å². The van der Waals surface area contributed by atoms with E-state index in [4.69, 9.17) is 4.74 Å². The van der Waals surface area contributed by atoms with E-state index in [-0.39, 0.29) is 5.82 Å². The SMILES string of the molecule is Fc1cc(CNC2CC2)cc(OCC2CCC2)c1. The normalized spacial score (nSPS) is 19.6. The summed E-state index contributed by atoms with van der Waals surface area (Å²) in [5.41, 5.74) is 0.977. The molecule has 0 amide bonds. The second-order valence-corrected chi connectivity index (χ2v) is 5.56. The molecule has 0 heterocycles. The summed E-state index contributed by atoms with van der Waals surface area (Å²) in [7, 11) is 0. The van der Waals surface area contributed by atoms with Crippen LogP contribution in [0.5, 0.6) is 5.75 Å². The number of benzene rings is 1. The van der Waals surface area contributed by atoms with Crippen molar-refractivity contribution in [3.05, 3.63) is 29.6 Å². The Morgan fingerprint density at radius 1 is 1.17 bits per heavy atom. The van der Waals surface area contributed by atoms with Gasteiger partial charge in [0.1, 0.15) is 11.6 Å². The fourth-order valence-electron chi connectivity index (χ4n) is 2.23. The van der Waals surface area contributed by atoms with Gasteiger partial charge >= 0.3 is 0 Å². The van der Waals surface area contributed by atoms with E-state index in [2.05, 4.69) is 5.32 Å². The molecule has 3 heteroatoms. The second kappa shape index (κ2) is 5.27. The summed E-state index contributed by atoms with van der Waals surface area (Å²) in [5.74, 6) is 1.16. The molecule has 0 bridgehead atoms. The van der Waals surface area contributed by atoms with Crippen LogP contribution in [0.3, 0.4) is 0 Å². The first-order valence-electron chi connectivity index (χ1n) is 6.95. The maximum absolute atomic E-state index is 13.5. The third-order valence-electron chi connectivity index (χ3n) is 3.81. The standard InChI is InChI=1S/C15H20FNO/c16-13-6-12(9-17-14-4-5-14)7-15(8-13)18-10-11-2-1-3-11/h6-8,11,14,17H,1-5,9-10H2. The van der Waals surface area contributed by atoms with E-state index in [1.807, 2.05) is 6.07 Å². The van der Waals surface area contributed by atoms with Crippen molar-refractivity contribution in [2.75, 3.05) is 6.61 Å². The lowest BCUT2D eigenvalue weighted by atomic mass is 9.86. The number of hydrogen-bond acceptors (Lipinski definition) is 2. The zero-order valence-electron chi connectivity index (χ0n) is 10.6. The van der Waals surface area contributed by atoms with Gasteiger partial charge in [-0.15, -0.1) is 0 Å². The van der Waals surface area contributed by atoms with Crippen LogP contribution >= 0.6 is 0 Å². The minimum atomic E-state index is -0.200. The largest absolute Gasteiger partial charge is 0.493 e. The van der Waals surface area contributed by atoms with Crippen molar-refractivity contribution in [3.8, 4) is 5.75 Å². The minimum absolute atomic E-state index is 0.200. The average molecular weight is 249 g/mol. The van der Waals surface area contributed by atoms with Crippen LogP contribution in [0.2, 0.25) is 0 Å². The van der Waals surface area contributed by atoms with Crippen LogP contribution < -0.4 is 10.1 Å². The molecule has 2 aliphatic carbocycles. The lowest BCUT2D eigenvalue weighted by Gasteiger charge is -2.25. The molecule has 2 fully saturated rings. The van der Waals surface area contributed by atoms with Crippen LogP contribution in [0, 0.1) is 11.7 Å². The van der Waals surface area contributed by atoms with Crippen molar-refractivity contribution < 1.29 is 9.13 Å². The van der Waals surface area contributed by atoms with E-state index >= 15 is 0 Å². The van der Waals surface area contributed by atoms with Gasteiger partial charge in [0.2, 0.25) is 0 Å². The molecular formula is C15H20FNO. The van der Waals surface area contributed by atoms with Gasteiger partial charge in [0.25, 0.3) is 0 Å². The highest BCUT2D eigenvalue weighted by molar-refractivity contribution is 5.29. The van der Waals surface area contributed by atoms with Gasteiger partial charge in [0.15, 0.2) is 0 Å². The predicted molar refractivity (Wildman–Crippen MR) is 69.1 cm³/mol. The maximum atomic E-state index is 13.5. The zero-order valence-corrected chi connectivity index (χ0v) is 10.6. The minimum Gasteiger partial charge on any atom is -0.493 e. The van der Waals surface area contributed by atoms with Crippen molar-refractivity contribution in [1.29, 1.82) is 0 Å². The van der Waals surface area contributed by atoms with Gasteiger partial charge in [0, 0.05) is 18.7 Å². The van der Waals surface area contributed by atoms with Crippen LogP contribution in [0.4, 0.5) is 4.39 Å². The molecule has 3 rings (SSSR count). The molecule has 1 N–H and O–H groups in total. The summed E-state index contributed by atoms with van der Waals surface area (Å²) in [5, 5.41) is 3.39. The molecular weight excluding hydrogens is 229 g/mol. The van der Waals surface area contributed by atoms with Crippen LogP contribution in [0.1, 0.15) is 37.7 Å². The van der Waals surface area contributed by atoms with Crippen LogP contribution in [-0.4, -0.2) is 12.6 Å². The molecule has 1 aromatic rings. The van der Waals surface area contributed by atoms with Gasteiger partial charge in [-0.1, -0.05) is 6.42 Å². The van der Waals surface area contributed by atoms with Gasteiger partial charge in [-0.05, 0) is 49.3 Å². The van der Waals surface area contributed by atoms with Gasteiger partial charge in [-0.3, -0.25) is 0 Å². The molecule has 0 spiro atoms. The molecule has 0 unspecified atom stereocenters. The van der Waals surface area contributed by atoms with Crippen molar-refractivity contribution in [3.63, 3.8) is 0 Å². The summed E-state index contributed by atoms with van der Waals surface area (Å²) in [6.45, 7) is 1.47. The molecule has 2 saturated carbocycles. The monoisotopic (exact) mass is 249 g/mol. The number of hydrogen-bond donors (Lipinski definition) is 1. The molecule has 18 heavy (non-hydrogen) atoms. The lowest BCUT2D eigenvalue weighted by Crippen LogP contribution is -2.19. The number of rotatable bonds is 6. The molecule has 0 saturated heterocycles. The van der Waals surface area contributed by atoms with Crippen LogP contribution in [0.25, 0.3) is 0 Å². The first kappa shape index (κ1) is 12.0. The Balaban J connectivity index is 1.56. The summed E-state index contributed by atoms with van der Waals surface area (Å²) in [4.78, 5) is 0. The highest BCUT2D eigenvalue weighted by atomic mass is 19.1. The molecule has 0 radical (unpaired) electrons. The first-order chi connectivity index (χ1) is 8.79. The van der Waals surface area contributed by atoms with Crippen molar-refractivity contribution in [2.24, 2.45) is 5.92 Å². The van der Waals surface area contributed by atoms with Crippen LogP contribution in [0.15, 0.2) is 18.2 Å². The third-order valence-corrected chi connectivity index (χ3v) is 3.81. The highest BCUT2D eigenvalue weighted by Crippen LogP contribution is 2.27. The Morgan fingerprint density at radius 2 is 2.00 bits per heavy atom. The maximum Gasteiger partial charge on any atom is 0.127 e. The smallest absolute Gasteiger partial charge is 0.127 e. The second-order valence-electron chi connectivity index (χ2n) is 5.56. The molecule has 98 valence electrons. The Kier molecular flexibility index (Phi) is 3.50. The predicted octanol–water partition coefficient (Wildman–Crippen LogP) is 3.26. The Morgan fingerprint density at radius 3 is 2.67 bits per heavy atom. The van der Waals surface area contributed by atoms with Crippen molar-refractivity contribution >= 4 is 0 Å². The van der Waals surface area contributed by atoms with E-state index in [1.54, 1.807) is 6.07 Å². The van der Waals surface area contributed by atoms with E-state index in [9.17, 15) is 4.39 Å². The quantitative estimate of drug-likeness (QED) is 0.835. The van der Waals surface area contributed by atoms with Gasteiger partial charge < -0.3 is 10.1 Å². The lowest BCUT2D eigenvalue weighted by molar-refractivity contribution is 0.180. The summed E-state index contributed by atoms with van der Waals surface area (Å²) in [6, 6.07) is 5.68. The van der Waals surface area contributed by atoms with Gasteiger partial charge in [-0.2, -0.15) is 0 Å². The Labute approximate surface area is 108 Å². The average Bonchev–Trinajstić information content (AvgIpc) is 3.07. The van der Waals surface area contributed by atoms with Crippen molar-refractivity contribution in [2.45, 2.75) is 44.7 Å². The van der Waals surface area contributed by atoms with Crippen molar-refractivity contribution in [1.82, 2.24) is 5.32 Å². The number of halogens is 1. The zero-order chi connectivity index (χ0) is 12.4. The Hall–Kier alpha value is -1.09. The van der Waals surface area contributed by atoms with E-state index in [0.29, 0.717) is 17.7 Å². The Bertz CT molecular complexity index is 413. The fraction of sp³-hybridized carbons (Fsp3) is 0.600. The highest BCUT2D eigenvalue weighted by Gasteiger charge is 2.20. The van der Waals surface area contributed by atoms with Gasteiger partial charge in [0.05, 0.1) is 6.61 Å². The molecule has 0 aromatic heterocycles. The van der Waals surface area contributed by atoms with Gasteiger partial charge in [-0.25, -0.2) is 4.39 Å². The molecule has 0 aliphatic heterocycles. The molecule has 2 aliphatic rings. The van der Waals surface area contributed by atoms with E-state index in [0.717, 1.165) is 18.7 Å². The van der Waals surface area contributed by atoms with Crippen LogP contribution in [-0.2, 0) is 6.54 Å². The van der Waals surface area contributed by atoms with E-state index < -0.39 is 0 Å². The molecule has 2 nitrogen and oxygen atoms in total. The summed E-state index contributed by atoms with van der Waals surface area (Å²) < 4.78 is 19.2. The first-order valence-corrected chi connectivity index (χ1v) is 6.95. The molecule has 0 atom stereocenters. The number of nitrogens with one attached hydrogen (secondary N) is 1. The summed E-state index contributed by atoms with van der Waals surface area (Å²) in [6.07, 6.45) is 6.32. The summed E-state index contributed by atoms with van der Waals surface area (Å²) >= 11 is 0. The third kappa shape index (κ3) is 3.22. The molecule has 1 aromatic carbocycles. The fourth-order valence-corrected chi connectivity index (χ4v) is 2.23.